The molecule has 0 N–H and O–H groups in total. The summed E-state index contributed by atoms with van der Waals surface area (Å²) in [6.07, 6.45) is -6.17. The lowest BCUT2D eigenvalue weighted by molar-refractivity contribution is -0.155. The van der Waals surface area contributed by atoms with E-state index in [2.05, 4.69) is 0 Å². The van der Waals surface area contributed by atoms with Gasteiger partial charge < -0.3 is 14.2 Å². The van der Waals surface area contributed by atoms with E-state index in [-0.39, 0.29) is 11.5 Å². The molecule has 33 heavy (non-hydrogen) atoms. The summed E-state index contributed by atoms with van der Waals surface area (Å²) in [4.78, 5) is 38.1. The summed E-state index contributed by atoms with van der Waals surface area (Å²) in [5.41, 5.74) is -3.01. The van der Waals surface area contributed by atoms with Gasteiger partial charge in [-0.1, -0.05) is 6.07 Å². The molecule has 0 heterocycles. The minimum atomic E-state index is -4.89. The number of carbonyl (C=O) groups is 3. The Labute approximate surface area is 187 Å². The van der Waals surface area contributed by atoms with Crippen LogP contribution in [-0.2, 0) is 20.4 Å². The van der Waals surface area contributed by atoms with Crippen molar-refractivity contribution in [2.24, 2.45) is 0 Å². The number of fused-ring (bicyclic) bond motifs is 1. The van der Waals surface area contributed by atoms with E-state index in [1.165, 1.54) is 6.92 Å². The zero-order valence-electron chi connectivity index (χ0n) is 18.6. The molecule has 0 spiro atoms. The maximum Gasteiger partial charge on any atom is 0.420 e. The average molecular weight is 473 g/mol. The monoisotopic (exact) mass is 473 g/mol. The zero-order valence-corrected chi connectivity index (χ0v) is 18.6. The average Bonchev–Trinajstić information content (AvgIpc) is 2.68. The van der Waals surface area contributed by atoms with Crippen molar-refractivity contribution in [3.05, 3.63) is 41.2 Å². The smallest absolute Gasteiger partial charge is 0.420 e. The van der Waals surface area contributed by atoms with Crippen molar-refractivity contribution in [1.29, 1.82) is 0 Å². The van der Waals surface area contributed by atoms with Gasteiger partial charge >= 0.3 is 18.2 Å². The van der Waals surface area contributed by atoms with E-state index in [1.54, 1.807) is 20.8 Å². The van der Waals surface area contributed by atoms with Crippen LogP contribution in [0, 0.1) is 5.82 Å². The highest BCUT2D eigenvalue weighted by atomic mass is 19.4. The molecule has 0 saturated carbocycles. The number of amides is 2. The van der Waals surface area contributed by atoms with E-state index < -0.39 is 69.8 Å². The summed E-state index contributed by atoms with van der Waals surface area (Å²) < 4.78 is 70.6. The number of imide groups is 1. The van der Waals surface area contributed by atoms with E-state index in [0.717, 1.165) is 25.3 Å². The van der Waals surface area contributed by atoms with Crippen LogP contribution in [-0.4, -0.2) is 48.7 Å². The van der Waals surface area contributed by atoms with Crippen LogP contribution < -0.4 is 4.74 Å². The van der Waals surface area contributed by atoms with E-state index >= 15 is 0 Å². The molecule has 0 atom stereocenters. The molecular weight excluding hydrogens is 450 g/mol. The highest BCUT2D eigenvalue weighted by Gasteiger charge is 2.38. The van der Waals surface area contributed by atoms with E-state index in [4.69, 9.17) is 14.2 Å². The fourth-order valence-corrected chi connectivity index (χ4v) is 3.10. The van der Waals surface area contributed by atoms with Crippen LogP contribution in [0.1, 0.15) is 43.6 Å². The minimum Gasteiger partial charge on any atom is -0.496 e. The molecule has 0 bridgehead atoms. The number of alkyl halides is 3. The number of hydrogen-bond acceptors (Lipinski definition) is 6. The fourth-order valence-electron chi connectivity index (χ4n) is 3.10. The van der Waals surface area contributed by atoms with Gasteiger partial charge in [-0.05, 0) is 56.7 Å². The van der Waals surface area contributed by atoms with E-state index in [0.29, 0.717) is 6.07 Å². The molecule has 2 aromatic rings. The van der Waals surface area contributed by atoms with Crippen molar-refractivity contribution in [3.8, 4) is 5.75 Å². The first-order valence-corrected chi connectivity index (χ1v) is 9.78. The summed E-state index contributed by atoms with van der Waals surface area (Å²) in [6, 6.07) is 3.52. The lowest BCUT2D eigenvalue weighted by atomic mass is 9.97. The largest absolute Gasteiger partial charge is 0.496 e. The Morgan fingerprint density at radius 1 is 1.00 bits per heavy atom. The lowest BCUT2D eigenvalue weighted by Crippen LogP contribution is -2.43. The van der Waals surface area contributed by atoms with Crippen molar-refractivity contribution < 1.29 is 46.2 Å². The van der Waals surface area contributed by atoms with Gasteiger partial charge in [0.1, 0.15) is 29.3 Å². The molecule has 180 valence electrons. The predicted molar refractivity (Wildman–Crippen MR) is 109 cm³/mol. The van der Waals surface area contributed by atoms with Gasteiger partial charge in [-0.3, -0.25) is 9.59 Å². The Morgan fingerprint density at radius 2 is 1.61 bits per heavy atom. The Bertz CT molecular complexity index is 1080. The first kappa shape index (κ1) is 25.9. The third-order valence-electron chi connectivity index (χ3n) is 4.27. The Hall–Kier alpha value is -3.37. The van der Waals surface area contributed by atoms with Gasteiger partial charge in [0, 0.05) is 0 Å². The first-order chi connectivity index (χ1) is 15.2. The summed E-state index contributed by atoms with van der Waals surface area (Å²) in [7, 11) is 1.04. The molecule has 0 radical (unpaired) electrons. The van der Waals surface area contributed by atoms with Gasteiger partial charge in [0.2, 0.25) is 0 Å². The standard InChI is InChI=1S/C22H23F4NO6/c1-6-32-20(30)27(11-16(28)33-21(2,3)4)19(29)17-12-8-10-15(31-5)18(22(24,25)26)13(12)7-9-14(17)23/h7-10H,6,11H2,1-5H3. The number of rotatable bonds is 5. The first-order valence-electron chi connectivity index (χ1n) is 9.78. The summed E-state index contributed by atoms with van der Waals surface area (Å²) >= 11 is 0. The van der Waals surface area contributed by atoms with Gasteiger partial charge in [-0.25, -0.2) is 14.1 Å². The number of benzene rings is 2. The normalized spacial score (nSPS) is 11.8. The molecule has 0 aromatic heterocycles. The molecular formula is C22H23F4NO6. The predicted octanol–water partition coefficient (Wildman–Crippen LogP) is 4.95. The van der Waals surface area contributed by atoms with Gasteiger partial charge in [-0.2, -0.15) is 13.2 Å². The second-order valence-corrected chi connectivity index (χ2v) is 7.83. The van der Waals surface area contributed by atoms with Crippen LogP contribution >= 0.6 is 0 Å². The lowest BCUT2D eigenvalue weighted by Gasteiger charge is -2.24. The van der Waals surface area contributed by atoms with Crippen LogP contribution in [0.2, 0.25) is 0 Å². The van der Waals surface area contributed by atoms with Gasteiger partial charge in [0.25, 0.3) is 5.91 Å². The maximum atomic E-state index is 14.8. The highest BCUT2D eigenvalue weighted by molar-refractivity contribution is 6.13. The SMILES string of the molecule is CCOC(=O)N(CC(=O)OC(C)(C)C)C(=O)c1c(F)ccc2c(C(F)(F)F)c(OC)ccc12. The Balaban J connectivity index is 2.68. The third kappa shape index (κ3) is 5.91. The molecule has 2 amide bonds. The van der Waals surface area contributed by atoms with Crippen molar-refractivity contribution >= 4 is 28.7 Å². The summed E-state index contributed by atoms with van der Waals surface area (Å²) in [5, 5.41) is -0.945. The van der Waals surface area contributed by atoms with Crippen LogP contribution in [0.3, 0.4) is 0 Å². The quantitative estimate of drug-likeness (QED) is 0.452. The van der Waals surface area contributed by atoms with E-state index in [9.17, 15) is 31.9 Å². The second-order valence-electron chi connectivity index (χ2n) is 7.83. The molecule has 2 rings (SSSR count). The molecule has 2 aromatic carbocycles. The molecule has 0 unspecified atom stereocenters. The zero-order chi connectivity index (χ0) is 25.1. The third-order valence-corrected chi connectivity index (χ3v) is 4.27. The Morgan fingerprint density at radius 3 is 2.12 bits per heavy atom. The number of esters is 1. The van der Waals surface area contributed by atoms with Crippen LogP contribution in [0.15, 0.2) is 24.3 Å². The van der Waals surface area contributed by atoms with Gasteiger partial charge in [0.05, 0.1) is 19.3 Å². The molecule has 0 aliphatic rings. The van der Waals surface area contributed by atoms with Crippen molar-refractivity contribution in [2.75, 3.05) is 20.3 Å². The topological polar surface area (TPSA) is 82.1 Å². The molecule has 7 nitrogen and oxygen atoms in total. The van der Waals surface area contributed by atoms with Crippen LogP contribution in [0.5, 0.6) is 5.75 Å². The van der Waals surface area contributed by atoms with Crippen molar-refractivity contribution in [2.45, 2.75) is 39.5 Å². The Kier molecular flexibility index (Phi) is 7.56. The number of hydrogen-bond donors (Lipinski definition) is 0. The molecule has 0 aliphatic carbocycles. The number of nitrogens with zero attached hydrogens (tertiary/aromatic N) is 1. The second kappa shape index (κ2) is 9.63. The number of ether oxygens (including phenoxy) is 3. The fraction of sp³-hybridized carbons (Fsp3) is 0.409. The summed E-state index contributed by atoms with van der Waals surface area (Å²) in [5.74, 6) is -4.08. The van der Waals surface area contributed by atoms with Gasteiger partial charge in [-0.15, -0.1) is 0 Å². The number of carbonyl (C=O) groups excluding carboxylic acids is 3. The molecule has 0 aliphatic heterocycles. The van der Waals surface area contributed by atoms with Crippen LogP contribution in [0.25, 0.3) is 10.8 Å². The minimum absolute atomic E-state index is 0.176. The van der Waals surface area contributed by atoms with E-state index in [1.807, 2.05) is 0 Å². The van der Waals surface area contributed by atoms with Crippen LogP contribution in [0.4, 0.5) is 22.4 Å². The molecule has 0 fully saturated rings. The van der Waals surface area contributed by atoms with Gasteiger partial charge in [0.15, 0.2) is 0 Å². The maximum absolute atomic E-state index is 14.8. The summed E-state index contributed by atoms with van der Waals surface area (Å²) in [6.45, 7) is 4.99. The molecule has 11 heteroatoms. The van der Waals surface area contributed by atoms with Crippen molar-refractivity contribution in [3.63, 3.8) is 0 Å². The van der Waals surface area contributed by atoms with Crippen molar-refractivity contribution in [1.82, 2.24) is 4.90 Å². The number of methoxy groups -OCH3 is 1. The molecule has 0 saturated heterocycles. The number of halogens is 4. The highest BCUT2D eigenvalue weighted by Crippen LogP contribution is 2.42.